The molecule has 0 aliphatic carbocycles. The Morgan fingerprint density at radius 1 is 1.45 bits per heavy atom. The van der Waals surface area contributed by atoms with Gasteiger partial charge in [-0.2, -0.15) is 0 Å². The number of carbonyl (C=O) groups excluding carboxylic acids is 2. The van der Waals surface area contributed by atoms with Crippen molar-refractivity contribution in [1.82, 2.24) is 4.90 Å². The molecular formula is C14H18ClNO4. The fourth-order valence-electron chi connectivity index (χ4n) is 1.52. The van der Waals surface area contributed by atoms with Crippen LogP contribution in [-0.4, -0.2) is 50.5 Å². The Morgan fingerprint density at radius 2 is 2.20 bits per heavy atom. The lowest BCUT2D eigenvalue weighted by Crippen LogP contribution is -2.30. The van der Waals surface area contributed by atoms with E-state index >= 15 is 0 Å². The van der Waals surface area contributed by atoms with E-state index in [4.69, 9.17) is 21.1 Å². The standard InChI is InChI=1S/C14H18ClNO4/c1-3-19-14(18)9-16(2)6-7-20-12-5-4-11(10-17)13(15)8-12/h4-5,8,10H,3,6-7,9H2,1-2H3. The van der Waals surface area contributed by atoms with Crippen molar-refractivity contribution in [2.75, 3.05) is 33.4 Å². The van der Waals surface area contributed by atoms with Gasteiger partial charge in [0.1, 0.15) is 12.4 Å². The third-order valence-electron chi connectivity index (χ3n) is 2.54. The van der Waals surface area contributed by atoms with Crippen LogP contribution in [0, 0.1) is 0 Å². The predicted molar refractivity (Wildman–Crippen MR) is 76.5 cm³/mol. The lowest BCUT2D eigenvalue weighted by molar-refractivity contribution is -0.144. The van der Waals surface area contributed by atoms with Crippen LogP contribution in [0.5, 0.6) is 5.75 Å². The van der Waals surface area contributed by atoms with Crippen molar-refractivity contribution in [2.24, 2.45) is 0 Å². The molecule has 0 aliphatic heterocycles. The maximum atomic E-state index is 11.2. The highest BCUT2D eigenvalue weighted by molar-refractivity contribution is 6.33. The molecule has 0 aromatic heterocycles. The van der Waals surface area contributed by atoms with Crippen LogP contribution in [0.3, 0.4) is 0 Å². The molecule has 0 radical (unpaired) electrons. The molecule has 0 N–H and O–H groups in total. The van der Waals surface area contributed by atoms with Gasteiger partial charge >= 0.3 is 5.97 Å². The van der Waals surface area contributed by atoms with Crippen LogP contribution in [0.1, 0.15) is 17.3 Å². The van der Waals surface area contributed by atoms with Crippen LogP contribution in [0.15, 0.2) is 18.2 Å². The minimum Gasteiger partial charge on any atom is -0.492 e. The monoisotopic (exact) mass is 299 g/mol. The molecule has 20 heavy (non-hydrogen) atoms. The van der Waals surface area contributed by atoms with E-state index in [0.717, 1.165) is 0 Å². The second-order valence-corrected chi connectivity index (χ2v) is 4.60. The largest absolute Gasteiger partial charge is 0.492 e. The van der Waals surface area contributed by atoms with Crippen molar-refractivity contribution in [3.63, 3.8) is 0 Å². The zero-order chi connectivity index (χ0) is 15.0. The van der Waals surface area contributed by atoms with E-state index in [1.807, 2.05) is 7.05 Å². The lowest BCUT2D eigenvalue weighted by Gasteiger charge is -2.16. The van der Waals surface area contributed by atoms with Gasteiger partial charge in [-0.05, 0) is 32.2 Å². The molecule has 5 nitrogen and oxygen atoms in total. The van der Waals surface area contributed by atoms with Gasteiger partial charge in [-0.25, -0.2) is 0 Å². The second-order valence-electron chi connectivity index (χ2n) is 4.19. The highest BCUT2D eigenvalue weighted by Gasteiger charge is 2.07. The predicted octanol–water partition coefficient (Wildman–Crippen LogP) is 2.03. The summed E-state index contributed by atoms with van der Waals surface area (Å²) < 4.78 is 10.4. The Hall–Kier alpha value is -1.59. The summed E-state index contributed by atoms with van der Waals surface area (Å²) in [6.07, 6.45) is 0.694. The summed E-state index contributed by atoms with van der Waals surface area (Å²) >= 11 is 5.89. The van der Waals surface area contributed by atoms with Crippen LogP contribution in [0.4, 0.5) is 0 Å². The molecule has 1 aromatic rings. The first-order chi connectivity index (χ1) is 9.56. The van der Waals surface area contributed by atoms with Gasteiger partial charge in [-0.1, -0.05) is 11.6 Å². The van der Waals surface area contributed by atoms with Crippen LogP contribution >= 0.6 is 11.6 Å². The number of benzene rings is 1. The summed E-state index contributed by atoms with van der Waals surface area (Å²) in [4.78, 5) is 23.7. The highest BCUT2D eigenvalue weighted by atomic mass is 35.5. The maximum absolute atomic E-state index is 11.2. The molecule has 6 heteroatoms. The Labute approximate surface area is 123 Å². The fraction of sp³-hybridized carbons (Fsp3) is 0.429. The van der Waals surface area contributed by atoms with Crippen molar-refractivity contribution in [3.8, 4) is 5.75 Å². The fourth-order valence-corrected chi connectivity index (χ4v) is 1.73. The average molecular weight is 300 g/mol. The molecule has 1 rings (SSSR count). The molecule has 0 fully saturated rings. The van der Waals surface area contributed by atoms with Gasteiger partial charge in [0, 0.05) is 12.1 Å². The molecule has 0 bridgehead atoms. The van der Waals surface area contributed by atoms with Crippen LogP contribution < -0.4 is 4.74 Å². The van der Waals surface area contributed by atoms with E-state index in [0.29, 0.717) is 42.4 Å². The Morgan fingerprint density at radius 3 is 2.80 bits per heavy atom. The summed E-state index contributed by atoms with van der Waals surface area (Å²) in [5.74, 6) is 0.332. The van der Waals surface area contributed by atoms with Crippen LogP contribution in [-0.2, 0) is 9.53 Å². The average Bonchev–Trinajstić information content (AvgIpc) is 2.39. The van der Waals surface area contributed by atoms with Gasteiger partial charge in [-0.15, -0.1) is 0 Å². The number of nitrogens with zero attached hydrogens (tertiary/aromatic N) is 1. The number of hydrogen-bond acceptors (Lipinski definition) is 5. The first kappa shape index (κ1) is 16.5. The van der Waals surface area contributed by atoms with E-state index in [1.54, 1.807) is 30.0 Å². The number of ether oxygens (including phenoxy) is 2. The molecule has 0 aliphatic rings. The van der Waals surface area contributed by atoms with Gasteiger partial charge in [0.15, 0.2) is 6.29 Å². The maximum Gasteiger partial charge on any atom is 0.320 e. The zero-order valence-corrected chi connectivity index (χ0v) is 12.4. The van der Waals surface area contributed by atoms with Crippen molar-refractivity contribution >= 4 is 23.9 Å². The lowest BCUT2D eigenvalue weighted by atomic mass is 10.2. The van der Waals surface area contributed by atoms with Gasteiger partial charge in [-0.3, -0.25) is 14.5 Å². The molecule has 0 saturated carbocycles. The van der Waals surface area contributed by atoms with E-state index < -0.39 is 0 Å². The summed E-state index contributed by atoms with van der Waals surface area (Å²) in [5.41, 5.74) is 0.429. The number of likely N-dealkylation sites (N-methyl/N-ethyl adjacent to an activating group) is 1. The molecular weight excluding hydrogens is 282 g/mol. The Bertz CT molecular complexity index is 464. The molecule has 0 unspecified atom stereocenters. The quantitative estimate of drug-likeness (QED) is 0.543. The number of hydrogen-bond donors (Lipinski definition) is 0. The second kappa shape index (κ2) is 8.55. The van der Waals surface area contributed by atoms with E-state index in [-0.39, 0.29) is 12.5 Å². The van der Waals surface area contributed by atoms with Gasteiger partial charge in [0.25, 0.3) is 0 Å². The smallest absolute Gasteiger partial charge is 0.320 e. The molecule has 110 valence electrons. The third-order valence-corrected chi connectivity index (χ3v) is 2.87. The third kappa shape index (κ3) is 5.59. The molecule has 0 saturated heterocycles. The zero-order valence-electron chi connectivity index (χ0n) is 11.6. The molecule has 0 heterocycles. The van der Waals surface area contributed by atoms with Gasteiger partial charge < -0.3 is 9.47 Å². The normalized spacial score (nSPS) is 10.4. The van der Waals surface area contributed by atoms with Crippen molar-refractivity contribution in [1.29, 1.82) is 0 Å². The summed E-state index contributed by atoms with van der Waals surface area (Å²) in [5, 5.41) is 0.359. The van der Waals surface area contributed by atoms with E-state index in [2.05, 4.69) is 0 Å². The Kier molecular flexibility index (Phi) is 7.04. The molecule has 0 spiro atoms. The minimum absolute atomic E-state index is 0.224. The minimum atomic E-state index is -0.256. The van der Waals surface area contributed by atoms with Crippen molar-refractivity contribution in [3.05, 3.63) is 28.8 Å². The Balaban J connectivity index is 2.35. The van der Waals surface area contributed by atoms with Crippen molar-refractivity contribution < 1.29 is 19.1 Å². The molecule has 0 amide bonds. The summed E-state index contributed by atoms with van der Waals surface area (Å²) in [6, 6.07) is 4.88. The van der Waals surface area contributed by atoms with Crippen LogP contribution in [0.2, 0.25) is 5.02 Å². The van der Waals surface area contributed by atoms with Gasteiger partial charge in [0.05, 0.1) is 18.2 Å². The number of rotatable bonds is 8. The van der Waals surface area contributed by atoms with E-state index in [1.165, 1.54) is 0 Å². The summed E-state index contributed by atoms with van der Waals surface area (Å²) in [7, 11) is 1.81. The van der Waals surface area contributed by atoms with Crippen LogP contribution in [0.25, 0.3) is 0 Å². The van der Waals surface area contributed by atoms with Crippen molar-refractivity contribution in [2.45, 2.75) is 6.92 Å². The molecule has 0 atom stereocenters. The highest BCUT2D eigenvalue weighted by Crippen LogP contribution is 2.21. The van der Waals surface area contributed by atoms with Gasteiger partial charge in [0.2, 0.25) is 0 Å². The topological polar surface area (TPSA) is 55.8 Å². The number of halogens is 1. The first-order valence-electron chi connectivity index (χ1n) is 6.28. The number of esters is 1. The summed E-state index contributed by atoms with van der Waals surface area (Å²) in [6.45, 7) is 3.36. The SMILES string of the molecule is CCOC(=O)CN(C)CCOc1ccc(C=O)c(Cl)c1. The van der Waals surface area contributed by atoms with E-state index in [9.17, 15) is 9.59 Å². The number of carbonyl (C=O) groups is 2. The molecule has 1 aromatic carbocycles. The number of aldehydes is 1. The first-order valence-corrected chi connectivity index (χ1v) is 6.66.